The first-order valence-electron chi connectivity index (χ1n) is 8.72. The molecule has 128 valence electrons. The van der Waals surface area contributed by atoms with Crippen molar-refractivity contribution in [3.05, 3.63) is 46.5 Å². The number of rotatable bonds is 7. The van der Waals surface area contributed by atoms with Crippen LogP contribution in [0.25, 0.3) is 0 Å². The van der Waals surface area contributed by atoms with Crippen LogP contribution in [0.3, 0.4) is 0 Å². The maximum atomic E-state index is 5.60. The molecule has 24 heavy (non-hydrogen) atoms. The van der Waals surface area contributed by atoms with E-state index in [-0.39, 0.29) is 0 Å². The third kappa shape index (κ3) is 3.06. The Morgan fingerprint density at radius 2 is 2.12 bits per heavy atom. The smallest absolute Gasteiger partial charge is 0.198 e. The molecule has 0 N–H and O–H groups in total. The van der Waals surface area contributed by atoms with Crippen LogP contribution in [0.5, 0.6) is 0 Å². The van der Waals surface area contributed by atoms with E-state index >= 15 is 0 Å². The molecule has 5 nitrogen and oxygen atoms in total. The van der Waals surface area contributed by atoms with E-state index < -0.39 is 0 Å². The lowest BCUT2D eigenvalue weighted by Crippen LogP contribution is -2.32. The van der Waals surface area contributed by atoms with Crippen molar-refractivity contribution in [2.75, 3.05) is 13.7 Å². The van der Waals surface area contributed by atoms with Crippen molar-refractivity contribution in [1.82, 2.24) is 19.2 Å². The largest absolute Gasteiger partial charge is 0.383 e. The number of fused-ring (bicyclic) bond motifs is 1. The predicted octanol–water partition coefficient (Wildman–Crippen LogP) is 3.17. The molecule has 0 amide bonds. The summed E-state index contributed by atoms with van der Waals surface area (Å²) < 4.78 is 9.88. The molecule has 2 aliphatic carbocycles. The second-order valence-electron chi connectivity index (χ2n) is 6.74. The number of nitrogens with zero attached hydrogens (tertiary/aromatic N) is 4. The van der Waals surface area contributed by atoms with Gasteiger partial charge in [0, 0.05) is 25.7 Å². The van der Waals surface area contributed by atoms with Crippen molar-refractivity contribution >= 4 is 12.2 Å². The fourth-order valence-electron chi connectivity index (χ4n) is 3.72. The van der Waals surface area contributed by atoms with E-state index in [9.17, 15) is 0 Å². The molecule has 0 aliphatic heterocycles. The summed E-state index contributed by atoms with van der Waals surface area (Å²) in [6.07, 6.45) is 6.78. The average Bonchev–Trinajstić information content (AvgIpc) is 3.27. The molecule has 1 saturated carbocycles. The monoisotopic (exact) mass is 344 g/mol. The molecule has 2 aliphatic rings. The van der Waals surface area contributed by atoms with Crippen LogP contribution in [0.2, 0.25) is 0 Å². The standard InChI is InChI=1S/C18H24N4OS/c1-23-11-10-20-12-19-22(18(20)24)13-21(15-7-8-15)17-9-6-14-4-2-3-5-16(14)17/h2-5,12,15,17H,6-11,13H2,1H3/t17-/m1/s1. The number of hydrogen-bond acceptors (Lipinski definition) is 4. The molecule has 1 aromatic carbocycles. The van der Waals surface area contributed by atoms with Crippen LogP contribution in [0.4, 0.5) is 0 Å². The predicted molar refractivity (Wildman–Crippen MR) is 95.3 cm³/mol. The number of benzene rings is 1. The Morgan fingerprint density at radius 1 is 1.29 bits per heavy atom. The summed E-state index contributed by atoms with van der Waals surface area (Å²) in [6.45, 7) is 2.19. The van der Waals surface area contributed by atoms with E-state index in [4.69, 9.17) is 17.0 Å². The Balaban J connectivity index is 1.56. The molecule has 2 aromatic rings. The summed E-state index contributed by atoms with van der Waals surface area (Å²) in [6, 6.07) is 10.0. The summed E-state index contributed by atoms with van der Waals surface area (Å²) in [7, 11) is 1.71. The van der Waals surface area contributed by atoms with Crippen LogP contribution < -0.4 is 0 Å². The Kier molecular flexibility index (Phi) is 4.52. The highest BCUT2D eigenvalue weighted by Gasteiger charge is 2.37. The molecular formula is C18H24N4OS. The second kappa shape index (κ2) is 6.78. The van der Waals surface area contributed by atoms with E-state index in [1.807, 2.05) is 15.6 Å². The summed E-state index contributed by atoms with van der Waals surface area (Å²) in [5.74, 6) is 0. The fraction of sp³-hybridized carbons (Fsp3) is 0.556. The lowest BCUT2D eigenvalue weighted by atomic mass is 10.1. The minimum Gasteiger partial charge on any atom is -0.383 e. The first kappa shape index (κ1) is 16.0. The summed E-state index contributed by atoms with van der Waals surface area (Å²) in [4.78, 5) is 2.61. The zero-order valence-electron chi connectivity index (χ0n) is 14.1. The van der Waals surface area contributed by atoms with E-state index in [0.717, 1.165) is 18.0 Å². The van der Waals surface area contributed by atoms with Crippen molar-refractivity contribution in [1.29, 1.82) is 0 Å². The van der Waals surface area contributed by atoms with Gasteiger partial charge in [-0.1, -0.05) is 24.3 Å². The zero-order chi connectivity index (χ0) is 16.5. The van der Waals surface area contributed by atoms with Crippen LogP contribution in [0.1, 0.15) is 36.4 Å². The highest BCUT2D eigenvalue weighted by atomic mass is 32.1. The molecule has 0 spiro atoms. The van der Waals surface area contributed by atoms with Gasteiger partial charge in [0.25, 0.3) is 0 Å². The fourth-order valence-corrected chi connectivity index (χ4v) is 3.96. The maximum Gasteiger partial charge on any atom is 0.198 e. The molecule has 0 saturated heterocycles. The number of methoxy groups -OCH3 is 1. The van der Waals surface area contributed by atoms with Crippen molar-refractivity contribution in [2.45, 2.75) is 51.0 Å². The molecular weight excluding hydrogens is 320 g/mol. The van der Waals surface area contributed by atoms with Gasteiger partial charge < -0.3 is 9.30 Å². The third-order valence-corrected chi connectivity index (χ3v) is 5.59. The van der Waals surface area contributed by atoms with E-state index in [0.29, 0.717) is 18.7 Å². The maximum absolute atomic E-state index is 5.60. The van der Waals surface area contributed by atoms with Crippen molar-refractivity contribution in [3.63, 3.8) is 0 Å². The minimum absolute atomic E-state index is 0.500. The highest BCUT2D eigenvalue weighted by Crippen LogP contribution is 2.41. The second-order valence-corrected chi connectivity index (χ2v) is 7.10. The van der Waals surface area contributed by atoms with Gasteiger partial charge in [-0.15, -0.1) is 0 Å². The van der Waals surface area contributed by atoms with Crippen LogP contribution in [-0.2, 0) is 24.4 Å². The first-order valence-corrected chi connectivity index (χ1v) is 9.13. The van der Waals surface area contributed by atoms with Gasteiger partial charge >= 0.3 is 0 Å². The third-order valence-electron chi connectivity index (χ3n) is 5.15. The quantitative estimate of drug-likeness (QED) is 0.723. The summed E-state index contributed by atoms with van der Waals surface area (Å²) in [5.41, 5.74) is 3.00. The molecule has 1 fully saturated rings. The van der Waals surface area contributed by atoms with E-state index in [1.165, 1.54) is 36.8 Å². The van der Waals surface area contributed by atoms with Gasteiger partial charge in [-0.3, -0.25) is 4.90 Å². The normalized spacial score (nSPS) is 19.8. The molecule has 0 bridgehead atoms. The highest BCUT2D eigenvalue weighted by molar-refractivity contribution is 7.71. The molecule has 1 atom stereocenters. The van der Waals surface area contributed by atoms with Crippen LogP contribution in [0, 0.1) is 4.77 Å². The Morgan fingerprint density at radius 3 is 2.92 bits per heavy atom. The molecule has 4 rings (SSSR count). The SMILES string of the molecule is COCCn1cnn(CN(C2CC2)[C@@H]2CCc3ccccc32)c1=S. The molecule has 0 radical (unpaired) electrons. The van der Waals surface area contributed by atoms with E-state index in [1.54, 1.807) is 7.11 Å². The number of aryl methyl sites for hydroxylation is 1. The Labute approximate surface area is 147 Å². The lowest BCUT2D eigenvalue weighted by molar-refractivity contribution is 0.131. The van der Waals surface area contributed by atoms with Crippen LogP contribution in [-0.4, -0.2) is 39.0 Å². The number of hydrogen-bond donors (Lipinski definition) is 0. The molecule has 6 heteroatoms. The average molecular weight is 344 g/mol. The molecule has 1 heterocycles. The van der Waals surface area contributed by atoms with Crippen molar-refractivity contribution < 1.29 is 4.74 Å². The summed E-state index contributed by atoms with van der Waals surface area (Å²) >= 11 is 5.60. The minimum atomic E-state index is 0.500. The van der Waals surface area contributed by atoms with Crippen molar-refractivity contribution in [2.24, 2.45) is 0 Å². The van der Waals surface area contributed by atoms with Gasteiger partial charge in [0.1, 0.15) is 6.33 Å². The number of ether oxygens (including phenoxy) is 1. The van der Waals surface area contributed by atoms with Crippen molar-refractivity contribution in [3.8, 4) is 0 Å². The zero-order valence-corrected chi connectivity index (χ0v) is 14.9. The van der Waals surface area contributed by atoms with Gasteiger partial charge in [-0.2, -0.15) is 5.10 Å². The van der Waals surface area contributed by atoms with Gasteiger partial charge in [0.2, 0.25) is 0 Å². The van der Waals surface area contributed by atoms with E-state index in [2.05, 4.69) is 34.3 Å². The molecule has 0 unspecified atom stereocenters. The lowest BCUT2D eigenvalue weighted by Gasteiger charge is -2.29. The van der Waals surface area contributed by atoms with Crippen LogP contribution >= 0.6 is 12.2 Å². The topological polar surface area (TPSA) is 35.2 Å². The Hall–Kier alpha value is -1.50. The van der Waals surface area contributed by atoms with Gasteiger partial charge in [0.15, 0.2) is 4.77 Å². The van der Waals surface area contributed by atoms with Gasteiger partial charge in [-0.25, -0.2) is 4.68 Å². The molecule has 1 aromatic heterocycles. The van der Waals surface area contributed by atoms with Gasteiger partial charge in [0.05, 0.1) is 13.3 Å². The first-order chi connectivity index (χ1) is 11.8. The number of aromatic nitrogens is 3. The Bertz CT molecular complexity index is 764. The van der Waals surface area contributed by atoms with Crippen LogP contribution in [0.15, 0.2) is 30.6 Å². The van der Waals surface area contributed by atoms with Gasteiger partial charge in [-0.05, 0) is 49.0 Å². The summed E-state index contributed by atoms with van der Waals surface area (Å²) in [5, 5.41) is 4.52.